The third-order valence-electron chi connectivity index (χ3n) is 2.51. The zero-order valence-corrected chi connectivity index (χ0v) is 10.8. The lowest BCUT2D eigenvalue weighted by Crippen LogP contribution is -2.07. The summed E-state index contributed by atoms with van der Waals surface area (Å²) in [5.41, 5.74) is 1.74. The first-order valence-electron chi connectivity index (χ1n) is 5.83. The van der Waals surface area contributed by atoms with E-state index in [1.165, 1.54) is 6.08 Å². The molecule has 5 nitrogen and oxygen atoms in total. The maximum atomic E-state index is 11.7. The van der Waals surface area contributed by atoms with Crippen LogP contribution in [0.4, 0.5) is 5.82 Å². The average molecular weight is 257 g/mol. The van der Waals surface area contributed by atoms with Gasteiger partial charge in [0.2, 0.25) is 5.91 Å². The third-order valence-corrected chi connectivity index (χ3v) is 2.51. The number of rotatable bonds is 4. The SMILES string of the molecule is COc1ccccc1/C=C/C(=O)Nc1cc(C)[nH]n1. The summed E-state index contributed by atoms with van der Waals surface area (Å²) in [5.74, 6) is 0.992. The van der Waals surface area contributed by atoms with Crippen LogP contribution < -0.4 is 10.1 Å². The molecule has 2 N–H and O–H groups in total. The van der Waals surface area contributed by atoms with Crippen LogP contribution in [-0.4, -0.2) is 23.2 Å². The van der Waals surface area contributed by atoms with E-state index in [0.717, 1.165) is 17.0 Å². The summed E-state index contributed by atoms with van der Waals surface area (Å²) >= 11 is 0. The predicted molar refractivity (Wildman–Crippen MR) is 74.0 cm³/mol. The molecule has 19 heavy (non-hydrogen) atoms. The van der Waals surface area contributed by atoms with Gasteiger partial charge in [-0.1, -0.05) is 18.2 Å². The fourth-order valence-corrected chi connectivity index (χ4v) is 1.62. The van der Waals surface area contributed by atoms with Crippen LogP contribution in [-0.2, 0) is 4.79 Å². The van der Waals surface area contributed by atoms with Crippen LogP contribution in [0.3, 0.4) is 0 Å². The van der Waals surface area contributed by atoms with Crippen molar-refractivity contribution in [2.24, 2.45) is 0 Å². The molecular formula is C14H15N3O2. The molecule has 1 aromatic carbocycles. The number of carbonyl (C=O) groups excluding carboxylic acids is 1. The lowest BCUT2D eigenvalue weighted by molar-refractivity contribution is -0.111. The summed E-state index contributed by atoms with van der Waals surface area (Å²) in [5, 5.41) is 9.35. The van der Waals surface area contributed by atoms with Crippen molar-refractivity contribution in [1.82, 2.24) is 10.2 Å². The number of ether oxygens (including phenoxy) is 1. The Hall–Kier alpha value is -2.56. The molecule has 0 fully saturated rings. The highest BCUT2D eigenvalue weighted by Crippen LogP contribution is 2.18. The molecule has 5 heteroatoms. The van der Waals surface area contributed by atoms with Gasteiger partial charge in [0, 0.05) is 23.4 Å². The second-order valence-electron chi connectivity index (χ2n) is 4.00. The van der Waals surface area contributed by atoms with Gasteiger partial charge in [-0.3, -0.25) is 9.89 Å². The number of hydrogen-bond acceptors (Lipinski definition) is 3. The number of anilines is 1. The standard InChI is InChI=1S/C14H15N3O2/c1-10-9-13(17-16-10)15-14(18)8-7-11-5-3-4-6-12(11)19-2/h3-9H,1-2H3,(H2,15,16,17,18)/b8-7+. The summed E-state index contributed by atoms with van der Waals surface area (Å²) in [6, 6.07) is 9.24. The van der Waals surface area contributed by atoms with E-state index in [-0.39, 0.29) is 5.91 Å². The predicted octanol–water partition coefficient (Wildman–Crippen LogP) is 2.38. The Morgan fingerprint density at radius 1 is 1.42 bits per heavy atom. The molecule has 1 aromatic heterocycles. The van der Waals surface area contributed by atoms with Gasteiger partial charge in [-0.2, -0.15) is 5.10 Å². The molecule has 98 valence electrons. The quantitative estimate of drug-likeness (QED) is 0.826. The molecule has 0 bridgehead atoms. The molecule has 0 aliphatic carbocycles. The van der Waals surface area contributed by atoms with E-state index in [2.05, 4.69) is 15.5 Å². The van der Waals surface area contributed by atoms with Gasteiger partial charge in [-0.15, -0.1) is 0 Å². The maximum absolute atomic E-state index is 11.7. The second-order valence-corrected chi connectivity index (χ2v) is 4.00. The van der Waals surface area contributed by atoms with E-state index in [0.29, 0.717) is 5.82 Å². The Kier molecular flexibility index (Phi) is 3.97. The van der Waals surface area contributed by atoms with Gasteiger partial charge in [0.15, 0.2) is 5.82 Å². The van der Waals surface area contributed by atoms with Gasteiger partial charge in [0.05, 0.1) is 7.11 Å². The molecular weight excluding hydrogens is 242 g/mol. The van der Waals surface area contributed by atoms with E-state index >= 15 is 0 Å². The van der Waals surface area contributed by atoms with E-state index in [1.54, 1.807) is 19.3 Å². The first-order chi connectivity index (χ1) is 9.19. The zero-order chi connectivity index (χ0) is 13.7. The van der Waals surface area contributed by atoms with Crippen molar-refractivity contribution < 1.29 is 9.53 Å². The maximum Gasteiger partial charge on any atom is 0.249 e. The second kappa shape index (κ2) is 5.86. The van der Waals surface area contributed by atoms with Crippen molar-refractivity contribution in [2.75, 3.05) is 12.4 Å². The minimum Gasteiger partial charge on any atom is -0.496 e. The van der Waals surface area contributed by atoms with Crippen molar-refractivity contribution in [3.8, 4) is 5.75 Å². The van der Waals surface area contributed by atoms with Gasteiger partial charge in [0.25, 0.3) is 0 Å². The molecule has 0 radical (unpaired) electrons. The minimum atomic E-state index is -0.239. The van der Waals surface area contributed by atoms with E-state index in [1.807, 2.05) is 31.2 Å². The number of aromatic nitrogens is 2. The van der Waals surface area contributed by atoms with Crippen LogP contribution in [0.25, 0.3) is 6.08 Å². The zero-order valence-electron chi connectivity index (χ0n) is 10.8. The molecule has 0 spiro atoms. The lowest BCUT2D eigenvalue weighted by Gasteiger charge is -2.03. The van der Waals surface area contributed by atoms with Gasteiger partial charge in [0.1, 0.15) is 5.75 Å². The van der Waals surface area contributed by atoms with Gasteiger partial charge in [-0.05, 0) is 19.1 Å². The molecule has 1 amide bonds. The molecule has 2 aromatic rings. The number of carbonyl (C=O) groups is 1. The number of aromatic amines is 1. The van der Waals surface area contributed by atoms with Crippen molar-refractivity contribution >= 4 is 17.8 Å². The highest BCUT2D eigenvalue weighted by molar-refractivity contribution is 6.01. The summed E-state index contributed by atoms with van der Waals surface area (Å²) in [6.45, 7) is 1.87. The number of methoxy groups -OCH3 is 1. The first kappa shape index (κ1) is 12.9. The fourth-order valence-electron chi connectivity index (χ4n) is 1.62. The van der Waals surface area contributed by atoms with Gasteiger partial charge < -0.3 is 10.1 Å². The van der Waals surface area contributed by atoms with E-state index < -0.39 is 0 Å². The van der Waals surface area contributed by atoms with Crippen LogP contribution in [0.2, 0.25) is 0 Å². The molecule has 0 aliphatic rings. The molecule has 0 atom stereocenters. The number of aryl methyl sites for hydroxylation is 1. The van der Waals surface area contributed by atoms with Crippen molar-refractivity contribution in [1.29, 1.82) is 0 Å². The Labute approximate surface area is 111 Å². The largest absolute Gasteiger partial charge is 0.496 e. The summed E-state index contributed by atoms with van der Waals surface area (Å²) < 4.78 is 5.20. The minimum absolute atomic E-state index is 0.239. The molecule has 0 unspecified atom stereocenters. The summed E-state index contributed by atoms with van der Waals surface area (Å²) in [6.07, 6.45) is 3.15. The first-order valence-corrected chi connectivity index (χ1v) is 5.83. The Morgan fingerprint density at radius 2 is 2.21 bits per heavy atom. The Balaban J connectivity index is 2.04. The van der Waals surface area contributed by atoms with Crippen molar-refractivity contribution in [3.63, 3.8) is 0 Å². The van der Waals surface area contributed by atoms with Crippen LogP contribution in [0.5, 0.6) is 5.75 Å². The fraction of sp³-hybridized carbons (Fsp3) is 0.143. The topological polar surface area (TPSA) is 67.0 Å². The number of hydrogen-bond donors (Lipinski definition) is 2. The van der Waals surface area contributed by atoms with Crippen LogP contribution in [0.15, 0.2) is 36.4 Å². The van der Waals surface area contributed by atoms with E-state index in [9.17, 15) is 4.79 Å². The third kappa shape index (κ3) is 3.45. The van der Waals surface area contributed by atoms with Crippen molar-refractivity contribution in [3.05, 3.63) is 47.7 Å². The summed E-state index contributed by atoms with van der Waals surface area (Å²) in [7, 11) is 1.60. The summed E-state index contributed by atoms with van der Waals surface area (Å²) in [4.78, 5) is 11.7. The molecule has 1 heterocycles. The van der Waals surface area contributed by atoms with Crippen molar-refractivity contribution in [2.45, 2.75) is 6.92 Å². The lowest BCUT2D eigenvalue weighted by atomic mass is 10.2. The highest BCUT2D eigenvalue weighted by atomic mass is 16.5. The average Bonchev–Trinajstić information content (AvgIpc) is 2.82. The molecule has 0 saturated carbocycles. The smallest absolute Gasteiger partial charge is 0.249 e. The number of nitrogens with zero attached hydrogens (tertiary/aromatic N) is 1. The van der Waals surface area contributed by atoms with E-state index in [4.69, 9.17) is 4.74 Å². The molecule has 0 saturated heterocycles. The highest BCUT2D eigenvalue weighted by Gasteiger charge is 2.02. The van der Waals surface area contributed by atoms with Gasteiger partial charge in [-0.25, -0.2) is 0 Å². The van der Waals surface area contributed by atoms with Crippen LogP contribution in [0.1, 0.15) is 11.3 Å². The number of H-pyrrole nitrogens is 1. The Bertz CT molecular complexity index is 602. The number of para-hydroxylation sites is 1. The van der Waals surface area contributed by atoms with Gasteiger partial charge >= 0.3 is 0 Å². The molecule has 2 rings (SSSR count). The number of nitrogens with one attached hydrogen (secondary N) is 2. The number of benzene rings is 1. The normalized spacial score (nSPS) is 10.6. The van der Waals surface area contributed by atoms with Crippen LogP contribution in [0, 0.1) is 6.92 Å². The Morgan fingerprint density at radius 3 is 2.89 bits per heavy atom. The molecule has 0 aliphatic heterocycles. The number of amides is 1. The van der Waals surface area contributed by atoms with Crippen LogP contribution >= 0.6 is 0 Å². The monoisotopic (exact) mass is 257 g/mol.